The molecule has 0 bridgehead atoms. The molecule has 0 radical (unpaired) electrons. The number of carboxylic acid groups (broad SMARTS) is 2. The molecule has 3 N–H and O–H groups in total. The first-order valence-corrected chi connectivity index (χ1v) is 0.612. The first-order chi connectivity index (χ1) is 1.73. The van der Waals surface area contributed by atoms with Crippen molar-refractivity contribution in [3.63, 3.8) is 0 Å². The average molecular weight is 123 g/mol. The molecule has 0 aliphatic rings. The van der Waals surface area contributed by atoms with Crippen molar-refractivity contribution in [3.8, 4) is 0 Å². The van der Waals surface area contributed by atoms with Crippen LogP contribution in [-0.2, 0) is 0 Å². The Morgan fingerprint density at radius 2 is 1.14 bits per heavy atom. The summed E-state index contributed by atoms with van der Waals surface area (Å²) in [5.74, 6) is 0. The summed E-state index contributed by atoms with van der Waals surface area (Å²) < 4.78 is 0. The Morgan fingerprint density at radius 1 is 1.14 bits per heavy atom. The topological polar surface area (TPSA) is 98.2 Å². The van der Waals surface area contributed by atoms with Crippen LogP contribution in [0.3, 0.4) is 0 Å². The van der Waals surface area contributed by atoms with Crippen LogP contribution < -0.4 is 75.5 Å². The van der Waals surface area contributed by atoms with Crippen LogP contribution >= 0.6 is 0 Å². The molecule has 4 nitrogen and oxygen atoms in total. The molecule has 0 aromatic heterocycles. The van der Waals surface area contributed by atoms with Crippen LogP contribution in [0, 0.1) is 0 Å². The molecule has 0 fully saturated rings. The van der Waals surface area contributed by atoms with Gasteiger partial charge in [-0.1, -0.05) is 0 Å². The van der Waals surface area contributed by atoms with E-state index in [-0.39, 0.29) is 65.3 Å². The second-order valence-electron chi connectivity index (χ2n) is 0.250. The third kappa shape index (κ3) is 131. The third-order valence-electron chi connectivity index (χ3n) is 0. The van der Waals surface area contributed by atoms with Crippen molar-refractivity contribution >= 4 is 6.16 Å². The van der Waals surface area contributed by atoms with Gasteiger partial charge in [-0.3, -0.25) is 0 Å². The second-order valence-corrected chi connectivity index (χ2v) is 0.250. The minimum Gasteiger partial charge on any atom is -0.652 e. The van der Waals surface area contributed by atoms with Crippen molar-refractivity contribution in [2.45, 2.75) is 0 Å². The van der Waals surface area contributed by atoms with E-state index in [2.05, 4.69) is 0 Å². The first-order valence-electron chi connectivity index (χ1n) is 0.612. The molecular formula is CH3NNa2O3. The summed E-state index contributed by atoms with van der Waals surface area (Å²) in [6, 6.07) is 0. The minimum atomic E-state index is -2.33. The molecule has 0 aromatic rings. The van der Waals surface area contributed by atoms with Gasteiger partial charge in [0, 0.05) is 0 Å². The fourth-order valence-corrected chi connectivity index (χ4v) is 0. The van der Waals surface area contributed by atoms with E-state index in [0.29, 0.717) is 0 Å². The molecule has 0 spiro atoms. The maximum atomic E-state index is 8.33. The molecule has 0 atom stereocenters. The Balaban J connectivity index is -0.0000000150. The molecule has 0 heterocycles. The van der Waals surface area contributed by atoms with Crippen LogP contribution in [-0.4, -0.2) is 6.16 Å². The van der Waals surface area contributed by atoms with Crippen LogP contribution in [0.1, 0.15) is 0 Å². The maximum Gasteiger partial charge on any atom is 1.00 e. The van der Waals surface area contributed by atoms with Crippen molar-refractivity contribution in [2.24, 2.45) is 0 Å². The zero-order valence-corrected chi connectivity index (χ0v) is 8.43. The Bertz CT molecular complexity index is 35.9. The van der Waals surface area contributed by atoms with Gasteiger partial charge in [0.1, 0.15) is 0 Å². The Morgan fingerprint density at radius 3 is 1.14 bits per heavy atom. The van der Waals surface area contributed by atoms with E-state index in [1.54, 1.807) is 0 Å². The molecule has 0 saturated carbocycles. The van der Waals surface area contributed by atoms with Gasteiger partial charge in [-0.25, -0.2) is 0 Å². The summed E-state index contributed by atoms with van der Waals surface area (Å²) in [7, 11) is 0. The van der Waals surface area contributed by atoms with Crippen molar-refractivity contribution in [2.75, 3.05) is 0 Å². The predicted molar refractivity (Wildman–Crippen MR) is 10.4 cm³/mol. The number of carbonyl (C=O) groups excluding carboxylic acids is 1. The van der Waals surface area contributed by atoms with Gasteiger partial charge in [-0.15, -0.1) is 0 Å². The first kappa shape index (κ1) is 24.0. The van der Waals surface area contributed by atoms with Gasteiger partial charge in [0.15, 0.2) is 0 Å². The molecule has 0 saturated heterocycles. The molecular weight excluding hydrogens is 120 g/mol. The van der Waals surface area contributed by atoms with Crippen LogP contribution in [0.5, 0.6) is 0 Å². The van der Waals surface area contributed by atoms with Crippen molar-refractivity contribution < 1.29 is 74.1 Å². The number of carbonyl (C=O) groups is 1. The van der Waals surface area contributed by atoms with Gasteiger partial charge in [0.2, 0.25) is 0 Å². The van der Waals surface area contributed by atoms with Crippen molar-refractivity contribution in [1.82, 2.24) is 6.15 Å². The average Bonchev–Trinajstić information content (AvgIpc) is 0.811. The van der Waals surface area contributed by atoms with E-state index in [0.717, 1.165) is 0 Å². The fourth-order valence-electron chi connectivity index (χ4n) is 0. The van der Waals surface area contributed by atoms with Gasteiger partial charge < -0.3 is 21.2 Å². The Kier molecular flexibility index (Phi) is 53.9. The molecule has 0 aliphatic heterocycles. The standard InChI is InChI=1S/CH2O3.H3N.2Na/c2-1(3)4;;;/h(H2,2,3,4);1H3;;/q;;2*+1/p-2. The normalized spacial score (nSPS) is 3.43. The third-order valence-corrected chi connectivity index (χ3v) is 0. The van der Waals surface area contributed by atoms with Crippen LogP contribution in [0.25, 0.3) is 0 Å². The van der Waals surface area contributed by atoms with E-state index in [1.807, 2.05) is 0 Å². The summed E-state index contributed by atoms with van der Waals surface area (Å²) in [4.78, 5) is 8.33. The molecule has 32 valence electrons. The quantitative estimate of drug-likeness (QED) is 0.323. The van der Waals surface area contributed by atoms with E-state index in [9.17, 15) is 0 Å². The molecule has 0 aliphatic carbocycles. The zero-order chi connectivity index (χ0) is 3.58. The summed E-state index contributed by atoms with van der Waals surface area (Å²) in [6.45, 7) is 0. The monoisotopic (exact) mass is 123 g/mol. The summed E-state index contributed by atoms with van der Waals surface area (Å²) in [5, 5.41) is 16.7. The molecule has 0 rings (SSSR count). The Hall–Kier alpha value is 1.23. The van der Waals surface area contributed by atoms with E-state index in [4.69, 9.17) is 15.0 Å². The van der Waals surface area contributed by atoms with Gasteiger partial charge >= 0.3 is 59.1 Å². The number of rotatable bonds is 0. The van der Waals surface area contributed by atoms with Gasteiger partial charge in [0.25, 0.3) is 0 Å². The molecule has 0 unspecified atom stereocenters. The minimum absolute atomic E-state index is 0. The van der Waals surface area contributed by atoms with Crippen LogP contribution in [0.15, 0.2) is 0 Å². The van der Waals surface area contributed by atoms with E-state index in [1.165, 1.54) is 0 Å². The summed E-state index contributed by atoms with van der Waals surface area (Å²) in [5.41, 5.74) is 0. The Labute approximate surface area is 85.5 Å². The van der Waals surface area contributed by atoms with Gasteiger partial charge in [-0.2, -0.15) is 0 Å². The van der Waals surface area contributed by atoms with E-state index < -0.39 is 6.16 Å². The molecule has 0 amide bonds. The largest absolute Gasteiger partial charge is 1.00 e. The molecule has 7 heavy (non-hydrogen) atoms. The fraction of sp³-hybridized carbons (Fsp3) is 0. The number of hydrogen-bond donors (Lipinski definition) is 1. The maximum absolute atomic E-state index is 8.33. The van der Waals surface area contributed by atoms with E-state index >= 15 is 0 Å². The van der Waals surface area contributed by atoms with Crippen molar-refractivity contribution in [3.05, 3.63) is 0 Å². The zero-order valence-electron chi connectivity index (χ0n) is 4.43. The SMILES string of the molecule is N.O=C([O-])[O-].[Na+].[Na+]. The van der Waals surface area contributed by atoms with Gasteiger partial charge in [-0.05, 0) is 6.16 Å². The molecule has 6 heteroatoms. The van der Waals surface area contributed by atoms with Gasteiger partial charge in [0.05, 0.1) is 0 Å². The predicted octanol–water partition coefficient (Wildman–Crippen LogP) is -8.28. The summed E-state index contributed by atoms with van der Waals surface area (Å²) in [6.07, 6.45) is -2.33. The number of hydrogen-bond acceptors (Lipinski definition) is 4. The molecule has 0 aromatic carbocycles. The van der Waals surface area contributed by atoms with Crippen molar-refractivity contribution in [1.29, 1.82) is 0 Å². The van der Waals surface area contributed by atoms with Crippen LogP contribution in [0.4, 0.5) is 4.79 Å². The second kappa shape index (κ2) is 15.7. The smallest absolute Gasteiger partial charge is 0.652 e. The van der Waals surface area contributed by atoms with Crippen LogP contribution in [0.2, 0.25) is 0 Å². The summed E-state index contributed by atoms with van der Waals surface area (Å²) >= 11 is 0.